The van der Waals surface area contributed by atoms with Crippen molar-refractivity contribution in [2.75, 3.05) is 19.6 Å². The van der Waals surface area contributed by atoms with Crippen LogP contribution in [0.1, 0.15) is 32.1 Å². The van der Waals surface area contributed by atoms with E-state index < -0.39 is 0 Å². The molecule has 1 aliphatic carbocycles. The standard InChI is InChI=1S/C10H21N3O/c11-6-1-2-7-13-9(14)10(8-12)4-3-5-10/h1-8,11-12H2,(H,13,14). The highest BCUT2D eigenvalue weighted by Gasteiger charge is 2.42. The van der Waals surface area contributed by atoms with Crippen LogP contribution in [0.5, 0.6) is 0 Å². The SMILES string of the molecule is NCCCCNC(=O)C1(CN)CCC1. The van der Waals surface area contributed by atoms with Gasteiger partial charge in [-0.1, -0.05) is 6.42 Å². The molecule has 1 aliphatic rings. The third kappa shape index (κ3) is 2.45. The van der Waals surface area contributed by atoms with Gasteiger partial charge in [-0.25, -0.2) is 0 Å². The minimum absolute atomic E-state index is 0.142. The first kappa shape index (κ1) is 11.5. The second-order valence-electron chi connectivity index (χ2n) is 4.09. The van der Waals surface area contributed by atoms with E-state index in [-0.39, 0.29) is 11.3 Å². The molecule has 5 N–H and O–H groups in total. The second kappa shape index (κ2) is 5.32. The molecule has 0 unspecified atom stereocenters. The van der Waals surface area contributed by atoms with E-state index in [0.29, 0.717) is 13.1 Å². The zero-order valence-electron chi connectivity index (χ0n) is 8.72. The molecule has 0 spiro atoms. The highest BCUT2D eigenvalue weighted by atomic mass is 16.2. The molecule has 4 nitrogen and oxygen atoms in total. The van der Waals surface area contributed by atoms with Crippen LogP contribution in [0.15, 0.2) is 0 Å². The summed E-state index contributed by atoms with van der Waals surface area (Å²) in [6.07, 6.45) is 4.96. The van der Waals surface area contributed by atoms with Crippen LogP contribution >= 0.6 is 0 Å². The topological polar surface area (TPSA) is 81.1 Å². The molecule has 0 saturated heterocycles. The van der Waals surface area contributed by atoms with Gasteiger partial charge in [0.15, 0.2) is 0 Å². The molecule has 4 heteroatoms. The molecule has 1 fully saturated rings. The van der Waals surface area contributed by atoms with Crippen molar-refractivity contribution in [1.82, 2.24) is 5.32 Å². The fourth-order valence-corrected chi connectivity index (χ4v) is 1.79. The zero-order chi connectivity index (χ0) is 10.4. The van der Waals surface area contributed by atoms with E-state index in [1.54, 1.807) is 0 Å². The Balaban J connectivity index is 2.20. The normalized spacial score (nSPS) is 18.7. The van der Waals surface area contributed by atoms with Crippen LogP contribution in [0, 0.1) is 5.41 Å². The number of nitrogens with two attached hydrogens (primary N) is 2. The molecule has 0 aromatic carbocycles. The van der Waals surface area contributed by atoms with Crippen LogP contribution in [0.4, 0.5) is 0 Å². The van der Waals surface area contributed by atoms with Crippen LogP contribution in [0.3, 0.4) is 0 Å². The van der Waals surface area contributed by atoms with E-state index in [1.807, 2.05) is 0 Å². The van der Waals surface area contributed by atoms with Crippen molar-refractivity contribution in [1.29, 1.82) is 0 Å². The van der Waals surface area contributed by atoms with Crippen molar-refractivity contribution in [2.45, 2.75) is 32.1 Å². The molecule has 0 heterocycles. The molecule has 0 aromatic rings. The summed E-state index contributed by atoms with van der Waals surface area (Å²) in [5.74, 6) is 0.142. The summed E-state index contributed by atoms with van der Waals surface area (Å²) in [7, 11) is 0. The first-order valence-corrected chi connectivity index (χ1v) is 5.43. The summed E-state index contributed by atoms with van der Waals surface area (Å²) in [5.41, 5.74) is 10.7. The second-order valence-corrected chi connectivity index (χ2v) is 4.09. The van der Waals surface area contributed by atoms with Gasteiger partial charge in [0.2, 0.25) is 5.91 Å². The number of hydrogen-bond donors (Lipinski definition) is 3. The van der Waals surface area contributed by atoms with Gasteiger partial charge in [-0.2, -0.15) is 0 Å². The fraction of sp³-hybridized carbons (Fsp3) is 0.900. The van der Waals surface area contributed by atoms with E-state index in [9.17, 15) is 4.79 Å². The van der Waals surface area contributed by atoms with Gasteiger partial charge < -0.3 is 16.8 Å². The summed E-state index contributed by atoms with van der Waals surface area (Å²) in [6.45, 7) is 1.91. The lowest BCUT2D eigenvalue weighted by atomic mass is 9.68. The Hall–Kier alpha value is -0.610. The molecule has 1 rings (SSSR count). The van der Waals surface area contributed by atoms with Crippen molar-refractivity contribution < 1.29 is 4.79 Å². The Bertz CT molecular complexity index is 184. The van der Waals surface area contributed by atoms with Gasteiger partial charge in [0, 0.05) is 13.1 Å². The number of hydrogen-bond acceptors (Lipinski definition) is 3. The lowest BCUT2D eigenvalue weighted by Crippen LogP contribution is -2.50. The molecule has 1 saturated carbocycles. The van der Waals surface area contributed by atoms with Crippen LogP contribution in [-0.2, 0) is 4.79 Å². The molecule has 82 valence electrons. The number of unbranched alkanes of at least 4 members (excludes halogenated alkanes) is 1. The summed E-state index contributed by atoms with van der Waals surface area (Å²) in [5, 5.41) is 2.94. The maximum atomic E-state index is 11.7. The molecular formula is C10H21N3O. The zero-order valence-corrected chi connectivity index (χ0v) is 8.72. The molecule has 0 bridgehead atoms. The van der Waals surface area contributed by atoms with Crippen molar-refractivity contribution in [3.05, 3.63) is 0 Å². The molecule has 14 heavy (non-hydrogen) atoms. The summed E-state index contributed by atoms with van der Waals surface area (Å²) in [4.78, 5) is 11.7. The highest BCUT2D eigenvalue weighted by Crippen LogP contribution is 2.39. The smallest absolute Gasteiger partial charge is 0.227 e. The molecular weight excluding hydrogens is 178 g/mol. The van der Waals surface area contributed by atoms with E-state index >= 15 is 0 Å². The third-order valence-corrected chi connectivity index (χ3v) is 3.10. The van der Waals surface area contributed by atoms with Crippen molar-refractivity contribution in [3.63, 3.8) is 0 Å². The Morgan fingerprint density at radius 2 is 2.00 bits per heavy atom. The summed E-state index contributed by atoms with van der Waals surface area (Å²) >= 11 is 0. The number of nitrogens with one attached hydrogen (secondary N) is 1. The van der Waals surface area contributed by atoms with Crippen LogP contribution < -0.4 is 16.8 Å². The summed E-state index contributed by atoms with van der Waals surface area (Å²) in [6, 6.07) is 0. The lowest BCUT2D eigenvalue weighted by Gasteiger charge is -2.39. The fourth-order valence-electron chi connectivity index (χ4n) is 1.79. The maximum absolute atomic E-state index is 11.7. The Morgan fingerprint density at radius 3 is 2.43 bits per heavy atom. The predicted molar refractivity (Wildman–Crippen MR) is 56.6 cm³/mol. The Morgan fingerprint density at radius 1 is 1.29 bits per heavy atom. The van der Waals surface area contributed by atoms with Gasteiger partial charge in [-0.3, -0.25) is 4.79 Å². The van der Waals surface area contributed by atoms with Gasteiger partial charge in [0.05, 0.1) is 5.41 Å². The molecule has 0 atom stereocenters. The Labute approximate surface area is 85.4 Å². The van der Waals surface area contributed by atoms with Gasteiger partial charge in [-0.15, -0.1) is 0 Å². The minimum Gasteiger partial charge on any atom is -0.356 e. The first-order valence-electron chi connectivity index (χ1n) is 5.43. The van der Waals surface area contributed by atoms with E-state index in [1.165, 1.54) is 0 Å². The van der Waals surface area contributed by atoms with Gasteiger partial charge in [0.1, 0.15) is 0 Å². The van der Waals surface area contributed by atoms with Crippen molar-refractivity contribution in [2.24, 2.45) is 16.9 Å². The number of carbonyl (C=O) groups excluding carboxylic acids is 1. The molecule has 0 aliphatic heterocycles. The molecule has 0 aromatic heterocycles. The van der Waals surface area contributed by atoms with E-state index in [4.69, 9.17) is 11.5 Å². The maximum Gasteiger partial charge on any atom is 0.227 e. The van der Waals surface area contributed by atoms with E-state index in [2.05, 4.69) is 5.32 Å². The quantitative estimate of drug-likeness (QED) is 0.525. The lowest BCUT2D eigenvalue weighted by molar-refractivity contribution is -0.135. The number of amides is 1. The van der Waals surface area contributed by atoms with Crippen LogP contribution in [-0.4, -0.2) is 25.5 Å². The number of rotatable bonds is 6. The van der Waals surface area contributed by atoms with Crippen LogP contribution in [0.25, 0.3) is 0 Å². The van der Waals surface area contributed by atoms with Crippen LogP contribution in [0.2, 0.25) is 0 Å². The summed E-state index contributed by atoms with van der Waals surface area (Å²) < 4.78 is 0. The molecule has 1 amide bonds. The van der Waals surface area contributed by atoms with Crippen molar-refractivity contribution >= 4 is 5.91 Å². The van der Waals surface area contributed by atoms with Gasteiger partial charge >= 0.3 is 0 Å². The largest absolute Gasteiger partial charge is 0.356 e. The third-order valence-electron chi connectivity index (χ3n) is 3.10. The molecule has 0 radical (unpaired) electrons. The highest BCUT2D eigenvalue weighted by molar-refractivity contribution is 5.83. The van der Waals surface area contributed by atoms with Gasteiger partial charge in [-0.05, 0) is 32.2 Å². The van der Waals surface area contributed by atoms with Crippen molar-refractivity contribution in [3.8, 4) is 0 Å². The predicted octanol–water partition coefficient (Wildman–Crippen LogP) is -0.0295. The monoisotopic (exact) mass is 199 g/mol. The average Bonchev–Trinajstić information content (AvgIpc) is 2.12. The van der Waals surface area contributed by atoms with E-state index in [0.717, 1.165) is 38.6 Å². The number of carbonyl (C=O) groups is 1. The van der Waals surface area contributed by atoms with Gasteiger partial charge in [0.25, 0.3) is 0 Å². The first-order chi connectivity index (χ1) is 6.75. The minimum atomic E-state index is -0.233. The Kier molecular flexibility index (Phi) is 4.35. The average molecular weight is 199 g/mol.